The Balaban J connectivity index is 2.13. The molecule has 21 heavy (non-hydrogen) atoms. The Morgan fingerprint density at radius 1 is 1.33 bits per heavy atom. The van der Waals surface area contributed by atoms with E-state index in [9.17, 15) is 0 Å². The zero-order chi connectivity index (χ0) is 15.1. The van der Waals surface area contributed by atoms with Crippen molar-refractivity contribution in [1.29, 1.82) is 0 Å². The molecule has 0 radical (unpaired) electrons. The van der Waals surface area contributed by atoms with Gasteiger partial charge in [0.05, 0.1) is 6.20 Å². The quantitative estimate of drug-likeness (QED) is 0.818. The fraction of sp³-hybridized carbons (Fsp3) is 0.647. The van der Waals surface area contributed by atoms with Crippen LogP contribution in [0.5, 0.6) is 0 Å². The maximum atomic E-state index is 4.68. The summed E-state index contributed by atoms with van der Waals surface area (Å²) < 4.78 is 0. The molecule has 4 heteroatoms. The monoisotopic (exact) mass is 288 g/mol. The molecule has 1 unspecified atom stereocenters. The molecule has 1 saturated carbocycles. The molecule has 1 atom stereocenters. The van der Waals surface area contributed by atoms with E-state index in [0.29, 0.717) is 6.04 Å². The Labute approximate surface area is 128 Å². The molecule has 0 amide bonds. The molecule has 0 spiro atoms. The predicted octanol–water partition coefficient (Wildman–Crippen LogP) is 4.32. The van der Waals surface area contributed by atoms with E-state index >= 15 is 0 Å². The van der Waals surface area contributed by atoms with Crippen molar-refractivity contribution in [2.45, 2.75) is 58.9 Å². The molecule has 0 saturated heterocycles. The molecular formula is C17H28N4. The smallest absolute Gasteiger partial charge is 0.154 e. The minimum absolute atomic E-state index is 0.445. The third kappa shape index (κ3) is 4.45. The van der Waals surface area contributed by atoms with Gasteiger partial charge in [-0.1, -0.05) is 25.3 Å². The van der Waals surface area contributed by atoms with E-state index in [1.165, 1.54) is 32.1 Å². The number of nitrogens with zero attached hydrogens (tertiary/aromatic N) is 2. The molecule has 1 aliphatic rings. The van der Waals surface area contributed by atoms with Crippen LogP contribution in [0.4, 0.5) is 11.6 Å². The van der Waals surface area contributed by atoms with Crippen molar-refractivity contribution in [3.8, 4) is 0 Å². The molecule has 1 aromatic rings. The Bertz CT molecular complexity index is 464. The van der Waals surface area contributed by atoms with Gasteiger partial charge in [0.15, 0.2) is 5.82 Å². The summed E-state index contributed by atoms with van der Waals surface area (Å²) in [5.74, 6) is 2.48. The van der Waals surface area contributed by atoms with Crippen LogP contribution < -0.4 is 10.6 Å². The summed E-state index contributed by atoms with van der Waals surface area (Å²) in [5, 5.41) is 6.83. The van der Waals surface area contributed by atoms with Gasteiger partial charge in [0.1, 0.15) is 11.5 Å². The average Bonchev–Trinajstić information content (AvgIpc) is 2.51. The molecule has 1 aliphatic carbocycles. The van der Waals surface area contributed by atoms with E-state index < -0.39 is 0 Å². The fourth-order valence-corrected chi connectivity index (χ4v) is 3.02. The molecule has 0 bridgehead atoms. The number of hydrogen-bond acceptors (Lipinski definition) is 4. The number of allylic oxidation sites excluding steroid dienone is 1. The molecular weight excluding hydrogens is 260 g/mol. The summed E-state index contributed by atoms with van der Waals surface area (Å²) in [7, 11) is 0. The maximum absolute atomic E-state index is 4.68. The highest BCUT2D eigenvalue weighted by molar-refractivity contribution is 5.61. The van der Waals surface area contributed by atoms with E-state index in [4.69, 9.17) is 0 Å². The van der Waals surface area contributed by atoms with Gasteiger partial charge in [0, 0.05) is 12.6 Å². The van der Waals surface area contributed by atoms with Crippen molar-refractivity contribution in [1.82, 2.24) is 9.97 Å². The van der Waals surface area contributed by atoms with Crippen LogP contribution >= 0.6 is 0 Å². The van der Waals surface area contributed by atoms with Crippen molar-refractivity contribution >= 4 is 17.7 Å². The lowest BCUT2D eigenvalue weighted by Crippen LogP contribution is -2.28. The SMILES string of the molecule is CC=Cc1ncc(NCC)nc1NC(C)C1CCCCC1. The summed E-state index contributed by atoms with van der Waals surface area (Å²) >= 11 is 0. The number of hydrogen-bond donors (Lipinski definition) is 2. The molecule has 1 heterocycles. The van der Waals surface area contributed by atoms with E-state index in [-0.39, 0.29) is 0 Å². The van der Waals surface area contributed by atoms with Crippen LogP contribution in [-0.2, 0) is 0 Å². The van der Waals surface area contributed by atoms with Gasteiger partial charge in [0.25, 0.3) is 0 Å². The van der Waals surface area contributed by atoms with Gasteiger partial charge in [-0.2, -0.15) is 0 Å². The van der Waals surface area contributed by atoms with Crippen molar-refractivity contribution in [3.63, 3.8) is 0 Å². The first kappa shape index (κ1) is 15.8. The minimum Gasteiger partial charge on any atom is -0.369 e. The predicted molar refractivity (Wildman–Crippen MR) is 90.6 cm³/mol. The maximum Gasteiger partial charge on any atom is 0.154 e. The van der Waals surface area contributed by atoms with Gasteiger partial charge in [0.2, 0.25) is 0 Å². The Morgan fingerprint density at radius 3 is 2.76 bits per heavy atom. The Hall–Kier alpha value is -1.58. The van der Waals surface area contributed by atoms with E-state index in [1.807, 2.05) is 19.1 Å². The second-order valence-electron chi connectivity index (χ2n) is 5.85. The van der Waals surface area contributed by atoms with Crippen LogP contribution in [0.1, 0.15) is 58.6 Å². The normalized spacial score (nSPS) is 17.9. The van der Waals surface area contributed by atoms with Crippen LogP contribution in [0.3, 0.4) is 0 Å². The van der Waals surface area contributed by atoms with Crippen molar-refractivity contribution in [2.24, 2.45) is 5.92 Å². The molecule has 2 N–H and O–H groups in total. The molecule has 0 aromatic carbocycles. The summed E-state index contributed by atoms with van der Waals surface area (Å²) in [6.07, 6.45) is 12.6. The van der Waals surface area contributed by atoms with Gasteiger partial charge >= 0.3 is 0 Å². The van der Waals surface area contributed by atoms with E-state index in [2.05, 4.69) is 34.4 Å². The van der Waals surface area contributed by atoms with Gasteiger partial charge in [-0.3, -0.25) is 0 Å². The van der Waals surface area contributed by atoms with Crippen LogP contribution in [0.2, 0.25) is 0 Å². The molecule has 1 aromatic heterocycles. The molecule has 0 aliphatic heterocycles. The highest BCUT2D eigenvalue weighted by Gasteiger charge is 2.21. The van der Waals surface area contributed by atoms with Gasteiger partial charge < -0.3 is 10.6 Å². The number of aromatic nitrogens is 2. The third-order valence-electron chi connectivity index (χ3n) is 4.20. The molecule has 4 nitrogen and oxygen atoms in total. The first-order chi connectivity index (χ1) is 10.2. The molecule has 1 fully saturated rings. The average molecular weight is 288 g/mol. The number of nitrogens with one attached hydrogen (secondary N) is 2. The lowest BCUT2D eigenvalue weighted by Gasteiger charge is -2.29. The van der Waals surface area contributed by atoms with Gasteiger partial charge in [-0.15, -0.1) is 0 Å². The molecule has 2 rings (SSSR count). The third-order valence-corrected chi connectivity index (χ3v) is 4.20. The van der Waals surface area contributed by atoms with Gasteiger partial charge in [-0.05, 0) is 45.6 Å². The fourth-order valence-electron chi connectivity index (χ4n) is 3.02. The second-order valence-corrected chi connectivity index (χ2v) is 5.85. The zero-order valence-electron chi connectivity index (χ0n) is 13.5. The number of anilines is 2. The zero-order valence-corrected chi connectivity index (χ0v) is 13.5. The molecule has 116 valence electrons. The van der Waals surface area contributed by atoms with Crippen LogP contribution in [0.15, 0.2) is 12.3 Å². The minimum atomic E-state index is 0.445. The second kappa shape index (κ2) is 8.01. The van der Waals surface area contributed by atoms with Crippen molar-refractivity contribution in [3.05, 3.63) is 18.0 Å². The Morgan fingerprint density at radius 2 is 2.10 bits per heavy atom. The summed E-state index contributed by atoms with van der Waals surface area (Å²) in [4.78, 5) is 9.19. The first-order valence-electron chi connectivity index (χ1n) is 8.24. The van der Waals surface area contributed by atoms with Crippen molar-refractivity contribution in [2.75, 3.05) is 17.2 Å². The highest BCUT2D eigenvalue weighted by Crippen LogP contribution is 2.28. The summed E-state index contributed by atoms with van der Waals surface area (Å²) in [6.45, 7) is 7.21. The van der Waals surface area contributed by atoms with E-state index in [1.54, 1.807) is 6.20 Å². The number of rotatable bonds is 6. The highest BCUT2D eigenvalue weighted by atomic mass is 15.1. The van der Waals surface area contributed by atoms with Crippen LogP contribution in [0.25, 0.3) is 6.08 Å². The summed E-state index contributed by atoms with van der Waals surface area (Å²) in [5.41, 5.74) is 0.918. The lowest BCUT2D eigenvalue weighted by atomic mass is 9.84. The standard InChI is InChI=1S/C17H28N4/c1-4-9-15-17(21-16(12-19-15)18-5-2)20-13(3)14-10-7-6-8-11-14/h4,9,12-14H,5-8,10-11H2,1-3H3,(H2,18,20,21). The largest absolute Gasteiger partial charge is 0.369 e. The van der Waals surface area contributed by atoms with Crippen LogP contribution in [0, 0.1) is 5.92 Å². The van der Waals surface area contributed by atoms with E-state index in [0.717, 1.165) is 29.8 Å². The van der Waals surface area contributed by atoms with Crippen molar-refractivity contribution < 1.29 is 0 Å². The summed E-state index contributed by atoms with van der Waals surface area (Å²) in [6, 6.07) is 0.445. The first-order valence-corrected chi connectivity index (χ1v) is 8.24. The Kier molecular flexibility index (Phi) is 6.03. The topological polar surface area (TPSA) is 49.8 Å². The van der Waals surface area contributed by atoms with Gasteiger partial charge in [-0.25, -0.2) is 9.97 Å². The van der Waals surface area contributed by atoms with Crippen LogP contribution in [-0.4, -0.2) is 22.6 Å². The lowest BCUT2D eigenvalue weighted by molar-refractivity contribution is 0.328.